The van der Waals surface area contributed by atoms with Crippen molar-refractivity contribution in [1.82, 2.24) is 30.0 Å². The highest BCUT2D eigenvalue weighted by Crippen LogP contribution is 2.39. The van der Waals surface area contributed by atoms with Crippen LogP contribution in [-0.4, -0.2) is 106 Å². The molecule has 0 spiro atoms. The van der Waals surface area contributed by atoms with Crippen LogP contribution in [0.25, 0.3) is 11.5 Å². The van der Waals surface area contributed by atoms with Crippen molar-refractivity contribution < 1.29 is 32.4 Å². The molecule has 2 atom stereocenters. The second-order valence-electron chi connectivity index (χ2n) is 20.9. The number of alkyl halides is 2. The molecule has 4 aliphatic heterocycles. The Labute approximate surface area is 408 Å². The Kier molecular flexibility index (Phi) is 14.2. The number of piperidine rings is 2. The van der Waals surface area contributed by atoms with E-state index in [0.717, 1.165) is 89.1 Å². The number of anilines is 2. The Morgan fingerprint density at radius 3 is 2.51 bits per heavy atom. The fourth-order valence-corrected chi connectivity index (χ4v) is 11.6. The number of rotatable bonds is 16. The smallest absolute Gasteiger partial charge is 0.277 e. The average molecular weight is 958 g/mol. The first-order chi connectivity index (χ1) is 33.9. The van der Waals surface area contributed by atoms with E-state index in [-0.39, 0.29) is 52.5 Å². The number of hydrogen-bond acceptors (Lipinski definition) is 11. The molecule has 2 aromatic heterocycles. The van der Waals surface area contributed by atoms with Crippen LogP contribution in [0.1, 0.15) is 145 Å². The molecule has 2 saturated heterocycles. The maximum atomic E-state index is 14.5. The lowest BCUT2D eigenvalue weighted by atomic mass is 9.82. The Balaban J connectivity index is 0.676. The highest BCUT2D eigenvalue weighted by molar-refractivity contribution is 6.17. The van der Waals surface area contributed by atoms with Gasteiger partial charge in [0.15, 0.2) is 5.69 Å². The first-order valence-electron chi connectivity index (χ1n) is 25.6. The Bertz CT molecular complexity index is 2630. The summed E-state index contributed by atoms with van der Waals surface area (Å²) >= 11 is 0. The van der Waals surface area contributed by atoms with E-state index >= 15 is 0 Å². The number of nitrogens with zero attached hydrogens (tertiary/aromatic N) is 6. The van der Waals surface area contributed by atoms with Crippen molar-refractivity contribution in [3.8, 4) is 11.5 Å². The lowest BCUT2D eigenvalue weighted by molar-refractivity contribution is -0.134. The van der Waals surface area contributed by atoms with Gasteiger partial charge in [-0.3, -0.25) is 34.4 Å². The fraction of sp³-hybridized carbons (Fsp3) is 0.537. The number of hydrogen-bond donors (Lipinski definition) is 3. The molecule has 16 heteroatoms. The topological polar surface area (TPSA) is 165 Å². The highest BCUT2D eigenvalue weighted by atomic mass is 19.3. The van der Waals surface area contributed by atoms with Crippen LogP contribution in [-0.2, 0) is 22.7 Å². The Hall–Kier alpha value is -5.87. The van der Waals surface area contributed by atoms with Crippen molar-refractivity contribution in [3.05, 3.63) is 94.0 Å². The summed E-state index contributed by atoms with van der Waals surface area (Å²) < 4.78 is 34.6. The van der Waals surface area contributed by atoms with Gasteiger partial charge in [-0.25, -0.2) is 18.7 Å². The monoisotopic (exact) mass is 958 g/mol. The highest BCUT2D eigenvalue weighted by Gasteiger charge is 2.38. The Morgan fingerprint density at radius 1 is 0.943 bits per heavy atom. The van der Waals surface area contributed by atoms with Crippen LogP contribution >= 0.6 is 0 Å². The first kappa shape index (κ1) is 47.8. The van der Waals surface area contributed by atoms with Crippen molar-refractivity contribution in [1.29, 1.82) is 0 Å². The molecule has 70 heavy (non-hydrogen) atoms. The third-order valence-corrected chi connectivity index (χ3v) is 15.8. The third kappa shape index (κ3) is 10.7. The van der Waals surface area contributed by atoms with Gasteiger partial charge in [-0.2, -0.15) is 0 Å². The van der Waals surface area contributed by atoms with Crippen LogP contribution in [0.3, 0.4) is 0 Å². The van der Waals surface area contributed by atoms with Crippen LogP contribution in [0.4, 0.5) is 20.3 Å². The number of carbonyl (C=O) groups is 4. The summed E-state index contributed by atoms with van der Waals surface area (Å²) in [6.07, 6.45) is 11.4. The minimum Gasteiger partial charge on any atom is -0.444 e. The van der Waals surface area contributed by atoms with E-state index in [2.05, 4.69) is 67.9 Å². The predicted molar refractivity (Wildman–Crippen MR) is 263 cm³/mol. The number of aliphatic imine (C=N–C) groups is 1. The summed E-state index contributed by atoms with van der Waals surface area (Å²) in [4.78, 5) is 72.4. The number of benzene rings is 2. The van der Waals surface area contributed by atoms with Crippen LogP contribution in [0.2, 0.25) is 0 Å². The maximum Gasteiger partial charge on any atom is 0.277 e. The second-order valence-corrected chi connectivity index (χ2v) is 20.9. The van der Waals surface area contributed by atoms with Crippen LogP contribution in [0, 0.1) is 23.7 Å². The van der Waals surface area contributed by atoms with E-state index < -0.39 is 17.9 Å². The number of aromatic nitrogens is 2. The fourth-order valence-electron chi connectivity index (χ4n) is 11.6. The first-order valence-corrected chi connectivity index (χ1v) is 25.6. The number of fused-ring (bicyclic) bond motifs is 2. The molecule has 2 aliphatic carbocycles. The third-order valence-electron chi connectivity index (χ3n) is 15.8. The Morgan fingerprint density at radius 2 is 1.74 bits per heavy atom. The van der Waals surface area contributed by atoms with Gasteiger partial charge in [-0.1, -0.05) is 25.1 Å². The second kappa shape index (κ2) is 20.8. The standard InChI is InChI=1S/C54H65F2N9O5/c1-32-14-19-58-49(41-12-13-47(66)62-51(41)67)40-5-3-4-37(48(32)40)29-64-22-17-33(18-23-64)16-21-63(2)28-35-8-10-39(11-9-35)65-30-38-24-44(43(50(55)56)26-42(38)54(65)69)60-52(68)45-31-70-53(61-45)36-15-20-57-46(25-36)59-27-34-6-7-34/h3-5,15,20,24-26,31-35,39,41,50H,6-14,16-19,21-23,27-30H2,1-2H3,(H,57,59)(H,60,68)(H,62,66,67). The SMILES string of the molecule is CC1CCN=C(C2CCC(=O)NC2=O)c2cccc(CN3CCC(CCN(C)CC4CCC(N5Cc6cc(NC(=O)c7coc(-c8ccnc(NCC9CC9)c8)n7)c(C(F)F)cc6C5=O)CC4)CC3)c21. The zero-order valence-electron chi connectivity index (χ0n) is 40.4. The van der Waals surface area contributed by atoms with Gasteiger partial charge in [-0.05, 0) is 162 Å². The molecular formula is C54H65F2N9O5. The van der Waals surface area contributed by atoms with Crippen LogP contribution in [0.15, 0.2) is 64.3 Å². The molecular weight excluding hydrogens is 893 g/mol. The number of halogens is 2. The number of likely N-dealkylation sites (tertiary alicyclic amines) is 1. The minimum atomic E-state index is -2.91. The quantitative estimate of drug-likeness (QED) is 0.0925. The normalized spacial score (nSPS) is 23.3. The number of oxazole rings is 1. The van der Waals surface area contributed by atoms with E-state index in [1.807, 2.05) is 4.90 Å². The van der Waals surface area contributed by atoms with Gasteiger partial charge in [0.2, 0.25) is 17.7 Å². The summed E-state index contributed by atoms with van der Waals surface area (Å²) in [5.41, 5.74) is 5.58. The number of amides is 4. The van der Waals surface area contributed by atoms with E-state index in [0.29, 0.717) is 66.5 Å². The van der Waals surface area contributed by atoms with Gasteiger partial charge in [0.1, 0.15) is 12.1 Å². The largest absolute Gasteiger partial charge is 0.444 e. The molecule has 4 aromatic rings. The summed E-state index contributed by atoms with van der Waals surface area (Å²) in [5.74, 6) is 1.36. The average Bonchev–Trinajstić information content (AvgIpc) is 4.00. The number of carbonyl (C=O) groups excluding carboxylic acids is 4. The minimum absolute atomic E-state index is 0.0282. The summed E-state index contributed by atoms with van der Waals surface area (Å²) in [7, 11) is 2.22. The molecule has 0 bridgehead atoms. The molecule has 10 rings (SSSR count). The number of nitrogens with one attached hydrogen (secondary N) is 3. The molecule has 370 valence electrons. The van der Waals surface area contributed by atoms with Gasteiger partial charge in [0.25, 0.3) is 18.2 Å². The van der Waals surface area contributed by atoms with E-state index in [9.17, 15) is 28.0 Å². The lowest BCUT2D eigenvalue weighted by Crippen LogP contribution is -2.44. The molecule has 14 nitrogen and oxygen atoms in total. The number of imide groups is 1. The zero-order valence-corrected chi connectivity index (χ0v) is 40.4. The van der Waals surface area contributed by atoms with E-state index in [1.165, 1.54) is 55.2 Å². The molecule has 6 heterocycles. The van der Waals surface area contributed by atoms with Crippen molar-refractivity contribution in [3.63, 3.8) is 0 Å². The van der Waals surface area contributed by atoms with Gasteiger partial charge >= 0.3 is 0 Å². The summed E-state index contributed by atoms with van der Waals surface area (Å²) in [6, 6.07) is 12.8. The predicted octanol–water partition coefficient (Wildman–Crippen LogP) is 8.85. The van der Waals surface area contributed by atoms with E-state index in [1.54, 1.807) is 18.3 Å². The van der Waals surface area contributed by atoms with Crippen molar-refractivity contribution in [2.24, 2.45) is 28.7 Å². The number of pyridine rings is 1. The molecule has 4 amide bonds. The van der Waals surface area contributed by atoms with Crippen LogP contribution in [0.5, 0.6) is 0 Å². The van der Waals surface area contributed by atoms with Crippen molar-refractivity contribution in [2.45, 2.75) is 115 Å². The maximum absolute atomic E-state index is 14.5. The molecule has 2 unspecified atom stereocenters. The molecule has 2 aromatic carbocycles. The van der Waals surface area contributed by atoms with Crippen molar-refractivity contribution in [2.75, 3.05) is 56.9 Å². The molecule has 3 N–H and O–H groups in total. The van der Waals surface area contributed by atoms with E-state index in [4.69, 9.17) is 9.41 Å². The van der Waals surface area contributed by atoms with Gasteiger partial charge < -0.3 is 24.9 Å². The lowest BCUT2D eigenvalue weighted by Gasteiger charge is -2.36. The van der Waals surface area contributed by atoms with Crippen molar-refractivity contribution >= 4 is 40.8 Å². The zero-order chi connectivity index (χ0) is 48.5. The summed E-state index contributed by atoms with van der Waals surface area (Å²) in [6.45, 7) is 9.15. The summed E-state index contributed by atoms with van der Waals surface area (Å²) in [5, 5.41) is 8.48. The molecule has 4 fully saturated rings. The van der Waals surface area contributed by atoms with Crippen LogP contribution < -0.4 is 16.0 Å². The molecule has 2 saturated carbocycles. The molecule has 6 aliphatic rings. The van der Waals surface area contributed by atoms with Gasteiger partial charge in [0, 0.05) is 73.6 Å². The molecule has 0 radical (unpaired) electrons. The van der Waals surface area contributed by atoms with Gasteiger partial charge in [0.05, 0.1) is 17.3 Å². The van der Waals surface area contributed by atoms with Gasteiger partial charge in [-0.15, -0.1) is 0 Å².